The summed E-state index contributed by atoms with van der Waals surface area (Å²) in [5.41, 5.74) is 1.78. The number of rotatable bonds is 0. The van der Waals surface area contributed by atoms with Gasteiger partial charge in [-0.1, -0.05) is 0 Å². The van der Waals surface area contributed by atoms with E-state index in [0.717, 1.165) is 23.7 Å². The molecule has 56 valence electrons. The molecule has 4 nitrogen and oxygen atoms in total. The zero-order chi connectivity index (χ0) is 7.68. The molecule has 4 heteroatoms. The summed E-state index contributed by atoms with van der Waals surface area (Å²) in [5, 5.41) is 3.10. The Bertz CT molecular complexity index is 305. The number of anilines is 1. The topological polar surface area (TPSA) is 50.2 Å². The Morgan fingerprint density at radius 3 is 3.18 bits per heavy atom. The second-order valence-corrected chi connectivity index (χ2v) is 2.35. The minimum absolute atomic E-state index is 0.753. The fourth-order valence-electron chi connectivity index (χ4n) is 1.03. The fourth-order valence-corrected chi connectivity index (χ4v) is 1.03. The molecule has 1 aliphatic rings. The molecule has 0 fully saturated rings. The normalized spacial score (nSPS) is 13.9. The molecule has 11 heavy (non-hydrogen) atoms. The van der Waals surface area contributed by atoms with Gasteiger partial charge in [0.1, 0.15) is 12.0 Å². The quantitative estimate of drug-likeness (QED) is 0.595. The first-order valence-electron chi connectivity index (χ1n) is 3.46. The van der Waals surface area contributed by atoms with Crippen LogP contribution in [0.5, 0.6) is 0 Å². The van der Waals surface area contributed by atoms with Gasteiger partial charge in [-0.05, 0) is 6.92 Å². The second-order valence-electron chi connectivity index (χ2n) is 2.35. The Morgan fingerprint density at radius 1 is 1.45 bits per heavy atom. The zero-order valence-corrected chi connectivity index (χ0v) is 6.20. The molecule has 1 aliphatic heterocycles. The van der Waals surface area contributed by atoms with Crippen LogP contribution in [0.25, 0.3) is 0 Å². The third kappa shape index (κ3) is 0.960. The van der Waals surface area contributed by atoms with Crippen LogP contribution in [-0.2, 0) is 0 Å². The van der Waals surface area contributed by atoms with E-state index in [2.05, 4.69) is 20.3 Å². The summed E-state index contributed by atoms with van der Waals surface area (Å²) in [6.07, 6.45) is 3.36. The maximum absolute atomic E-state index is 4.18. The lowest BCUT2D eigenvalue weighted by molar-refractivity contribution is 1.07. The zero-order valence-electron chi connectivity index (χ0n) is 6.20. The SMILES string of the molecule is Cc1ncnc2c1N=CCN2. The van der Waals surface area contributed by atoms with Gasteiger partial charge in [0.25, 0.3) is 0 Å². The molecule has 0 saturated heterocycles. The number of fused-ring (bicyclic) bond motifs is 1. The van der Waals surface area contributed by atoms with E-state index in [1.165, 1.54) is 0 Å². The van der Waals surface area contributed by atoms with Crippen molar-refractivity contribution in [2.75, 3.05) is 11.9 Å². The first-order chi connectivity index (χ1) is 5.38. The molecule has 1 aromatic rings. The molecule has 0 aliphatic carbocycles. The number of aryl methyl sites for hydroxylation is 1. The summed E-state index contributed by atoms with van der Waals surface area (Å²) >= 11 is 0. The van der Waals surface area contributed by atoms with E-state index >= 15 is 0 Å². The highest BCUT2D eigenvalue weighted by molar-refractivity contribution is 5.78. The average molecular weight is 148 g/mol. The van der Waals surface area contributed by atoms with Crippen molar-refractivity contribution in [3.8, 4) is 0 Å². The van der Waals surface area contributed by atoms with Gasteiger partial charge in [-0.3, -0.25) is 4.99 Å². The molecule has 0 unspecified atom stereocenters. The summed E-state index contributed by atoms with van der Waals surface area (Å²) in [7, 11) is 0. The lowest BCUT2D eigenvalue weighted by Crippen LogP contribution is -2.09. The van der Waals surface area contributed by atoms with E-state index in [1.54, 1.807) is 6.33 Å². The van der Waals surface area contributed by atoms with Crippen LogP contribution in [0.2, 0.25) is 0 Å². The van der Waals surface area contributed by atoms with Crippen molar-refractivity contribution in [2.24, 2.45) is 4.99 Å². The second kappa shape index (κ2) is 2.30. The lowest BCUT2D eigenvalue weighted by atomic mass is 10.3. The largest absolute Gasteiger partial charge is 0.363 e. The van der Waals surface area contributed by atoms with Crippen molar-refractivity contribution in [1.82, 2.24) is 9.97 Å². The predicted octanol–water partition coefficient (Wildman–Crippen LogP) is 0.913. The summed E-state index contributed by atoms with van der Waals surface area (Å²) in [5.74, 6) is 0.833. The van der Waals surface area contributed by atoms with E-state index in [4.69, 9.17) is 0 Å². The number of aliphatic imine (C=N–C) groups is 1. The van der Waals surface area contributed by atoms with E-state index in [9.17, 15) is 0 Å². The first-order valence-corrected chi connectivity index (χ1v) is 3.46. The molecule has 0 aromatic carbocycles. The van der Waals surface area contributed by atoms with Crippen molar-refractivity contribution in [3.63, 3.8) is 0 Å². The van der Waals surface area contributed by atoms with E-state index in [1.807, 2.05) is 13.1 Å². The molecule has 1 N–H and O–H groups in total. The molecular formula is C7H8N4. The number of aromatic nitrogens is 2. The summed E-state index contributed by atoms with van der Waals surface area (Å²) in [4.78, 5) is 12.3. The van der Waals surface area contributed by atoms with Gasteiger partial charge in [0.15, 0.2) is 5.82 Å². The third-order valence-electron chi connectivity index (χ3n) is 1.59. The maximum atomic E-state index is 4.18. The molecule has 0 saturated carbocycles. The van der Waals surface area contributed by atoms with E-state index in [-0.39, 0.29) is 0 Å². The first kappa shape index (κ1) is 6.27. The van der Waals surface area contributed by atoms with Crippen LogP contribution in [0.15, 0.2) is 11.3 Å². The average Bonchev–Trinajstić information content (AvgIpc) is 2.06. The highest BCUT2D eigenvalue weighted by Crippen LogP contribution is 2.25. The van der Waals surface area contributed by atoms with Gasteiger partial charge in [0.05, 0.1) is 12.2 Å². The van der Waals surface area contributed by atoms with E-state index in [0.29, 0.717) is 0 Å². The molecule has 0 bridgehead atoms. The monoisotopic (exact) mass is 148 g/mol. The van der Waals surface area contributed by atoms with Gasteiger partial charge in [-0.15, -0.1) is 0 Å². The highest BCUT2D eigenvalue weighted by Gasteiger charge is 2.08. The minimum atomic E-state index is 0.753. The molecule has 0 amide bonds. The molecule has 0 spiro atoms. The lowest BCUT2D eigenvalue weighted by Gasteiger charge is -2.10. The van der Waals surface area contributed by atoms with Crippen molar-refractivity contribution in [3.05, 3.63) is 12.0 Å². The highest BCUT2D eigenvalue weighted by atomic mass is 15.1. The molecule has 0 radical (unpaired) electrons. The number of nitrogens with zero attached hydrogens (tertiary/aromatic N) is 3. The van der Waals surface area contributed by atoms with Crippen LogP contribution in [0.3, 0.4) is 0 Å². The number of hydrogen-bond donors (Lipinski definition) is 1. The molecular weight excluding hydrogens is 140 g/mol. The molecule has 2 rings (SSSR count). The number of hydrogen-bond acceptors (Lipinski definition) is 4. The smallest absolute Gasteiger partial charge is 0.155 e. The Labute approximate surface area is 64.4 Å². The summed E-state index contributed by atoms with van der Waals surface area (Å²) in [6.45, 7) is 2.67. The van der Waals surface area contributed by atoms with Crippen molar-refractivity contribution >= 4 is 17.7 Å². The van der Waals surface area contributed by atoms with Crippen molar-refractivity contribution in [1.29, 1.82) is 0 Å². The molecule has 0 atom stereocenters. The molecule has 2 heterocycles. The van der Waals surface area contributed by atoms with Crippen LogP contribution in [0, 0.1) is 6.92 Å². The Kier molecular flexibility index (Phi) is 1.31. The summed E-state index contributed by atoms with van der Waals surface area (Å²) in [6, 6.07) is 0. The maximum Gasteiger partial charge on any atom is 0.155 e. The van der Waals surface area contributed by atoms with Gasteiger partial charge in [0.2, 0.25) is 0 Å². The summed E-state index contributed by atoms with van der Waals surface area (Å²) < 4.78 is 0. The van der Waals surface area contributed by atoms with Crippen LogP contribution < -0.4 is 5.32 Å². The van der Waals surface area contributed by atoms with Gasteiger partial charge in [-0.2, -0.15) is 0 Å². The predicted molar refractivity (Wildman–Crippen MR) is 43.4 cm³/mol. The standard InChI is InChI=1S/C7H8N4/c1-5-6-7(11-4-10-5)9-3-2-8-6/h2,4H,3H2,1H3,(H,9,10,11). The fraction of sp³-hybridized carbons (Fsp3) is 0.286. The van der Waals surface area contributed by atoms with Gasteiger partial charge in [0, 0.05) is 6.21 Å². The van der Waals surface area contributed by atoms with Gasteiger partial charge < -0.3 is 5.32 Å². The van der Waals surface area contributed by atoms with E-state index < -0.39 is 0 Å². The van der Waals surface area contributed by atoms with Crippen molar-refractivity contribution in [2.45, 2.75) is 6.92 Å². The molecule has 1 aromatic heterocycles. The Morgan fingerprint density at radius 2 is 2.36 bits per heavy atom. The van der Waals surface area contributed by atoms with Gasteiger partial charge >= 0.3 is 0 Å². The van der Waals surface area contributed by atoms with Gasteiger partial charge in [-0.25, -0.2) is 9.97 Å². The van der Waals surface area contributed by atoms with Crippen LogP contribution in [0.1, 0.15) is 5.69 Å². The Hall–Kier alpha value is -1.45. The number of nitrogens with one attached hydrogen (secondary N) is 1. The van der Waals surface area contributed by atoms with Crippen LogP contribution in [0.4, 0.5) is 11.5 Å². The van der Waals surface area contributed by atoms with Crippen LogP contribution >= 0.6 is 0 Å². The Balaban J connectivity index is 2.60. The third-order valence-corrected chi connectivity index (χ3v) is 1.59. The van der Waals surface area contributed by atoms with Crippen molar-refractivity contribution < 1.29 is 0 Å². The van der Waals surface area contributed by atoms with Crippen LogP contribution in [-0.4, -0.2) is 22.7 Å². The minimum Gasteiger partial charge on any atom is -0.363 e.